The summed E-state index contributed by atoms with van der Waals surface area (Å²) in [5, 5.41) is 9.23. The highest BCUT2D eigenvalue weighted by atomic mass is 19.1. The third-order valence-corrected chi connectivity index (χ3v) is 5.36. The SMILES string of the molecule is CCn1ncc2c1-c1cnc(N)c(c1)OCc1cc(F)ccc1-c1nn(C)cc1C2. The lowest BCUT2D eigenvalue weighted by Crippen LogP contribution is -2.06. The zero-order chi connectivity index (χ0) is 20.8. The number of benzene rings is 1. The average Bonchev–Trinajstić information content (AvgIpc) is 3.30. The first kappa shape index (κ1) is 18.4. The molecule has 4 heterocycles. The molecular weight excluding hydrogens is 383 g/mol. The summed E-state index contributed by atoms with van der Waals surface area (Å²) >= 11 is 0. The van der Waals surface area contributed by atoms with Crippen LogP contribution >= 0.6 is 0 Å². The van der Waals surface area contributed by atoms with E-state index in [2.05, 4.69) is 15.2 Å². The number of fused-ring (bicyclic) bond motifs is 7. The standard InChI is InChI=1S/C22H21FN6O/c1-3-29-21-13(10-26-29)6-15-11-28(2)27-20(15)18-5-4-17(23)7-16(18)12-30-19-8-14(21)9-25-22(19)24/h4-5,7-11H,3,6,12H2,1-2H3,(H2,24,25). The molecule has 8 heteroatoms. The average molecular weight is 404 g/mol. The first-order valence-corrected chi connectivity index (χ1v) is 9.78. The van der Waals surface area contributed by atoms with Crippen LogP contribution in [0.1, 0.15) is 23.6 Å². The van der Waals surface area contributed by atoms with Crippen LogP contribution in [0.3, 0.4) is 0 Å². The molecule has 0 radical (unpaired) electrons. The summed E-state index contributed by atoms with van der Waals surface area (Å²) in [6, 6.07) is 6.55. The maximum absolute atomic E-state index is 14.0. The molecular formula is C22H21FN6O. The molecule has 2 bridgehead atoms. The van der Waals surface area contributed by atoms with E-state index in [1.54, 1.807) is 16.9 Å². The Hall–Kier alpha value is -3.68. The molecule has 3 aromatic heterocycles. The molecule has 2 N–H and O–H groups in total. The van der Waals surface area contributed by atoms with Crippen molar-refractivity contribution in [1.82, 2.24) is 24.5 Å². The number of nitrogens with zero attached hydrogens (tertiary/aromatic N) is 5. The number of anilines is 1. The van der Waals surface area contributed by atoms with Crippen LogP contribution in [0, 0.1) is 5.82 Å². The van der Waals surface area contributed by atoms with Gasteiger partial charge in [0.2, 0.25) is 0 Å². The minimum atomic E-state index is -0.326. The van der Waals surface area contributed by atoms with E-state index >= 15 is 0 Å². The summed E-state index contributed by atoms with van der Waals surface area (Å²) < 4.78 is 23.8. The Morgan fingerprint density at radius 2 is 2.03 bits per heavy atom. The van der Waals surface area contributed by atoms with Crippen LogP contribution in [0.25, 0.3) is 22.5 Å². The number of rotatable bonds is 1. The molecule has 152 valence electrons. The van der Waals surface area contributed by atoms with Crippen LogP contribution in [0.4, 0.5) is 10.2 Å². The van der Waals surface area contributed by atoms with Crippen molar-refractivity contribution in [1.29, 1.82) is 0 Å². The van der Waals surface area contributed by atoms with Crippen molar-refractivity contribution in [3.63, 3.8) is 0 Å². The third-order valence-electron chi connectivity index (χ3n) is 5.36. The van der Waals surface area contributed by atoms with Crippen molar-refractivity contribution in [2.45, 2.75) is 26.5 Å². The van der Waals surface area contributed by atoms with Crippen LogP contribution in [0.5, 0.6) is 5.75 Å². The molecule has 0 fully saturated rings. The van der Waals surface area contributed by atoms with E-state index in [1.807, 2.05) is 37.1 Å². The minimum Gasteiger partial charge on any atom is -0.485 e. The molecule has 0 amide bonds. The van der Waals surface area contributed by atoms with Crippen LogP contribution < -0.4 is 10.5 Å². The van der Waals surface area contributed by atoms with Crippen molar-refractivity contribution in [3.8, 4) is 28.3 Å². The van der Waals surface area contributed by atoms with Crippen molar-refractivity contribution in [3.05, 3.63) is 65.4 Å². The van der Waals surface area contributed by atoms with E-state index in [1.165, 1.54) is 12.1 Å². The fourth-order valence-corrected chi connectivity index (χ4v) is 3.99. The molecule has 7 nitrogen and oxygen atoms in total. The molecule has 0 spiro atoms. The minimum absolute atomic E-state index is 0.151. The Kier molecular flexibility index (Phi) is 4.27. The van der Waals surface area contributed by atoms with Gasteiger partial charge in [-0.05, 0) is 31.2 Å². The third kappa shape index (κ3) is 3.01. The predicted molar refractivity (Wildman–Crippen MR) is 111 cm³/mol. The molecule has 0 saturated heterocycles. The maximum atomic E-state index is 14.0. The van der Waals surface area contributed by atoms with Gasteiger partial charge < -0.3 is 10.5 Å². The molecule has 0 aliphatic carbocycles. The fourth-order valence-electron chi connectivity index (χ4n) is 3.99. The molecule has 1 aliphatic rings. The monoisotopic (exact) mass is 404 g/mol. The number of ether oxygens (including phenoxy) is 1. The van der Waals surface area contributed by atoms with E-state index in [0.717, 1.165) is 40.2 Å². The lowest BCUT2D eigenvalue weighted by atomic mass is 9.97. The first-order chi connectivity index (χ1) is 14.5. The van der Waals surface area contributed by atoms with Crippen LogP contribution in [0.2, 0.25) is 0 Å². The maximum Gasteiger partial charge on any atom is 0.166 e. The number of pyridine rings is 1. The van der Waals surface area contributed by atoms with E-state index in [9.17, 15) is 4.39 Å². The normalized spacial score (nSPS) is 12.8. The number of hydrogen-bond acceptors (Lipinski definition) is 5. The summed E-state index contributed by atoms with van der Waals surface area (Å²) in [5.41, 5.74) is 12.3. The highest BCUT2D eigenvalue weighted by Gasteiger charge is 2.21. The summed E-state index contributed by atoms with van der Waals surface area (Å²) in [5.74, 6) is 0.420. The van der Waals surface area contributed by atoms with Crippen molar-refractivity contribution < 1.29 is 9.13 Å². The molecule has 0 unspecified atom stereocenters. The first-order valence-electron chi connectivity index (χ1n) is 9.78. The van der Waals surface area contributed by atoms with Gasteiger partial charge in [0.15, 0.2) is 11.6 Å². The van der Waals surface area contributed by atoms with Gasteiger partial charge in [-0.25, -0.2) is 9.37 Å². The van der Waals surface area contributed by atoms with Crippen LogP contribution in [-0.2, 0) is 26.6 Å². The van der Waals surface area contributed by atoms with E-state index in [0.29, 0.717) is 17.7 Å². The second-order valence-electron chi connectivity index (χ2n) is 7.39. The lowest BCUT2D eigenvalue weighted by molar-refractivity contribution is 0.307. The van der Waals surface area contributed by atoms with E-state index in [4.69, 9.17) is 10.5 Å². The van der Waals surface area contributed by atoms with Crippen molar-refractivity contribution >= 4 is 5.82 Å². The van der Waals surface area contributed by atoms with Gasteiger partial charge >= 0.3 is 0 Å². The number of aryl methyl sites for hydroxylation is 2. The predicted octanol–water partition coefficient (Wildman–Crippen LogP) is 3.57. The Bertz CT molecular complexity index is 1260. The molecule has 0 atom stereocenters. The highest BCUT2D eigenvalue weighted by molar-refractivity contribution is 5.71. The van der Waals surface area contributed by atoms with Gasteiger partial charge in [-0.2, -0.15) is 10.2 Å². The fraction of sp³-hybridized carbons (Fsp3) is 0.227. The van der Waals surface area contributed by atoms with E-state index < -0.39 is 0 Å². The largest absolute Gasteiger partial charge is 0.485 e. The smallest absolute Gasteiger partial charge is 0.166 e. The number of nitrogen functional groups attached to an aromatic ring is 1. The number of nitrogens with two attached hydrogens (primary N) is 1. The highest BCUT2D eigenvalue weighted by Crippen LogP contribution is 2.35. The van der Waals surface area contributed by atoms with Crippen molar-refractivity contribution in [2.24, 2.45) is 7.05 Å². The van der Waals surface area contributed by atoms with Crippen molar-refractivity contribution in [2.75, 3.05) is 5.73 Å². The second-order valence-corrected chi connectivity index (χ2v) is 7.39. The van der Waals surface area contributed by atoms with Gasteiger partial charge in [0, 0.05) is 60.2 Å². The Labute approximate surface area is 172 Å². The van der Waals surface area contributed by atoms with Gasteiger partial charge in [0.1, 0.15) is 12.4 Å². The number of hydrogen-bond donors (Lipinski definition) is 1. The molecule has 1 aromatic carbocycles. The number of halogens is 1. The zero-order valence-electron chi connectivity index (χ0n) is 16.8. The van der Waals surface area contributed by atoms with Crippen LogP contribution in [-0.4, -0.2) is 24.5 Å². The summed E-state index contributed by atoms with van der Waals surface area (Å²) in [6.07, 6.45) is 6.24. The number of aromatic nitrogens is 5. The zero-order valence-corrected chi connectivity index (χ0v) is 16.8. The quantitative estimate of drug-likeness (QED) is 0.524. The molecule has 1 aliphatic heterocycles. The summed E-state index contributed by atoms with van der Waals surface area (Å²) in [4.78, 5) is 4.33. The van der Waals surface area contributed by atoms with Gasteiger partial charge in [-0.1, -0.05) is 0 Å². The van der Waals surface area contributed by atoms with Crippen LogP contribution in [0.15, 0.2) is 42.9 Å². The van der Waals surface area contributed by atoms with Gasteiger partial charge in [-0.15, -0.1) is 0 Å². The Morgan fingerprint density at radius 3 is 2.87 bits per heavy atom. The topological polar surface area (TPSA) is 83.8 Å². The lowest BCUT2D eigenvalue weighted by Gasteiger charge is -2.16. The Morgan fingerprint density at radius 1 is 1.17 bits per heavy atom. The van der Waals surface area contributed by atoms with Gasteiger partial charge in [0.05, 0.1) is 17.6 Å². The summed E-state index contributed by atoms with van der Waals surface area (Å²) in [7, 11) is 1.88. The van der Waals surface area contributed by atoms with Gasteiger partial charge in [0.25, 0.3) is 0 Å². The molecule has 30 heavy (non-hydrogen) atoms. The summed E-state index contributed by atoms with van der Waals surface area (Å²) in [6.45, 7) is 2.92. The molecule has 0 saturated carbocycles. The second kappa shape index (κ2) is 6.98. The van der Waals surface area contributed by atoms with Gasteiger partial charge in [-0.3, -0.25) is 9.36 Å². The molecule has 4 aromatic rings. The molecule has 5 rings (SSSR count). The van der Waals surface area contributed by atoms with E-state index in [-0.39, 0.29) is 18.2 Å². The Balaban J connectivity index is 1.78.